The first-order chi connectivity index (χ1) is 8.74. The van der Waals surface area contributed by atoms with Crippen LogP contribution < -0.4 is 10.5 Å². The molecule has 2 rings (SSSR count). The minimum atomic E-state index is 0.147. The van der Waals surface area contributed by atoms with Crippen molar-refractivity contribution in [1.29, 1.82) is 0 Å². The fourth-order valence-corrected chi connectivity index (χ4v) is 1.75. The third-order valence-electron chi connectivity index (χ3n) is 2.58. The molecule has 4 nitrogen and oxygen atoms in total. The molecule has 1 aromatic heterocycles. The van der Waals surface area contributed by atoms with Crippen LogP contribution in [0.4, 0.5) is 0 Å². The highest BCUT2D eigenvalue weighted by atomic mass is 16.5. The Morgan fingerprint density at radius 1 is 1.33 bits per heavy atom. The molecule has 2 N–H and O–H groups in total. The molecule has 0 spiro atoms. The first-order valence-electron chi connectivity index (χ1n) is 6.18. The molecular weight excluding hydrogens is 226 g/mol. The van der Waals surface area contributed by atoms with Crippen LogP contribution >= 0.6 is 0 Å². The maximum Gasteiger partial charge on any atom is 0.119 e. The van der Waals surface area contributed by atoms with Gasteiger partial charge in [0.05, 0.1) is 18.6 Å². The largest absolute Gasteiger partial charge is 0.492 e. The Kier molecular flexibility index (Phi) is 4.36. The Labute approximate surface area is 107 Å². The lowest BCUT2D eigenvalue weighted by molar-refractivity contribution is 0.298. The molecular formula is C14H19N3O. The molecule has 96 valence electrons. The third-order valence-corrected chi connectivity index (χ3v) is 2.58. The summed E-state index contributed by atoms with van der Waals surface area (Å²) in [5, 5.41) is 0. The second kappa shape index (κ2) is 6.21. The molecule has 2 aromatic rings. The minimum absolute atomic E-state index is 0.147. The van der Waals surface area contributed by atoms with Gasteiger partial charge in [0, 0.05) is 18.7 Å². The van der Waals surface area contributed by atoms with Crippen LogP contribution in [-0.2, 0) is 13.0 Å². The SMILES string of the molecule is CC(N)Cc1cn(CCOc2ccccc2)cn1. The number of hydrogen-bond acceptors (Lipinski definition) is 3. The zero-order chi connectivity index (χ0) is 12.8. The summed E-state index contributed by atoms with van der Waals surface area (Å²) in [6.45, 7) is 3.41. The van der Waals surface area contributed by atoms with E-state index in [2.05, 4.69) is 4.98 Å². The number of nitrogens with zero attached hydrogens (tertiary/aromatic N) is 2. The summed E-state index contributed by atoms with van der Waals surface area (Å²) in [6.07, 6.45) is 4.66. The predicted molar refractivity (Wildman–Crippen MR) is 71.5 cm³/mol. The maximum absolute atomic E-state index is 5.74. The lowest BCUT2D eigenvalue weighted by atomic mass is 10.2. The number of hydrogen-bond donors (Lipinski definition) is 1. The lowest BCUT2D eigenvalue weighted by Crippen LogP contribution is -2.17. The Hall–Kier alpha value is -1.81. The zero-order valence-corrected chi connectivity index (χ0v) is 10.6. The van der Waals surface area contributed by atoms with Crippen molar-refractivity contribution in [2.75, 3.05) is 6.61 Å². The number of aromatic nitrogens is 2. The molecule has 0 saturated carbocycles. The molecule has 1 unspecified atom stereocenters. The fraction of sp³-hybridized carbons (Fsp3) is 0.357. The first kappa shape index (κ1) is 12.6. The van der Waals surface area contributed by atoms with Gasteiger partial charge in [-0.1, -0.05) is 18.2 Å². The van der Waals surface area contributed by atoms with E-state index < -0.39 is 0 Å². The number of para-hydroxylation sites is 1. The minimum Gasteiger partial charge on any atom is -0.492 e. The molecule has 0 amide bonds. The normalized spacial score (nSPS) is 12.3. The molecule has 1 heterocycles. The van der Waals surface area contributed by atoms with E-state index in [1.54, 1.807) is 0 Å². The van der Waals surface area contributed by atoms with Crippen molar-refractivity contribution >= 4 is 0 Å². The molecule has 18 heavy (non-hydrogen) atoms. The van der Waals surface area contributed by atoms with Gasteiger partial charge in [-0.15, -0.1) is 0 Å². The summed E-state index contributed by atoms with van der Waals surface area (Å²) >= 11 is 0. The second-order valence-electron chi connectivity index (χ2n) is 4.45. The van der Waals surface area contributed by atoms with Gasteiger partial charge in [0.1, 0.15) is 12.4 Å². The van der Waals surface area contributed by atoms with Crippen molar-refractivity contribution in [3.8, 4) is 5.75 Å². The van der Waals surface area contributed by atoms with Crippen molar-refractivity contribution < 1.29 is 4.74 Å². The molecule has 0 fully saturated rings. The Morgan fingerprint density at radius 3 is 2.83 bits per heavy atom. The Morgan fingerprint density at radius 2 is 2.11 bits per heavy atom. The van der Waals surface area contributed by atoms with Crippen molar-refractivity contribution in [1.82, 2.24) is 9.55 Å². The summed E-state index contributed by atoms with van der Waals surface area (Å²) in [4.78, 5) is 4.31. The van der Waals surface area contributed by atoms with E-state index in [0.29, 0.717) is 6.61 Å². The molecule has 0 aliphatic carbocycles. The van der Waals surface area contributed by atoms with Crippen molar-refractivity contribution in [2.24, 2.45) is 5.73 Å². The van der Waals surface area contributed by atoms with Crippen LogP contribution in [0.25, 0.3) is 0 Å². The van der Waals surface area contributed by atoms with Crippen LogP contribution in [0.2, 0.25) is 0 Å². The van der Waals surface area contributed by atoms with Gasteiger partial charge in [0.2, 0.25) is 0 Å². The Balaban J connectivity index is 1.78. The van der Waals surface area contributed by atoms with Crippen molar-refractivity contribution in [3.05, 3.63) is 48.5 Å². The van der Waals surface area contributed by atoms with Gasteiger partial charge in [-0.05, 0) is 19.1 Å². The summed E-state index contributed by atoms with van der Waals surface area (Å²) in [7, 11) is 0. The topological polar surface area (TPSA) is 53.1 Å². The molecule has 1 aromatic carbocycles. The average molecular weight is 245 g/mol. The van der Waals surface area contributed by atoms with E-state index in [-0.39, 0.29) is 6.04 Å². The van der Waals surface area contributed by atoms with Crippen LogP contribution in [-0.4, -0.2) is 22.2 Å². The van der Waals surface area contributed by atoms with Crippen LogP contribution in [0.3, 0.4) is 0 Å². The molecule has 0 radical (unpaired) electrons. The van der Waals surface area contributed by atoms with Gasteiger partial charge in [-0.3, -0.25) is 0 Å². The van der Waals surface area contributed by atoms with E-state index in [0.717, 1.165) is 24.4 Å². The van der Waals surface area contributed by atoms with Crippen molar-refractivity contribution in [3.63, 3.8) is 0 Å². The Bertz CT molecular complexity index is 465. The highest BCUT2D eigenvalue weighted by Crippen LogP contribution is 2.08. The van der Waals surface area contributed by atoms with Crippen molar-refractivity contribution in [2.45, 2.75) is 25.9 Å². The number of rotatable bonds is 6. The second-order valence-corrected chi connectivity index (χ2v) is 4.45. The quantitative estimate of drug-likeness (QED) is 0.845. The maximum atomic E-state index is 5.74. The smallest absolute Gasteiger partial charge is 0.119 e. The van der Waals surface area contributed by atoms with E-state index in [1.807, 2.05) is 54.3 Å². The third kappa shape index (κ3) is 3.89. The molecule has 1 atom stereocenters. The van der Waals surface area contributed by atoms with E-state index in [4.69, 9.17) is 10.5 Å². The van der Waals surface area contributed by atoms with Crippen LogP contribution in [0.5, 0.6) is 5.75 Å². The number of benzene rings is 1. The van der Waals surface area contributed by atoms with Gasteiger partial charge in [-0.2, -0.15) is 0 Å². The summed E-state index contributed by atoms with van der Waals surface area (Å²) in [5.74, 6) is 0.897. The number of imidazole rings is 1. The summed E-state index contributed by atoms with van der Waals surface area (Å²) in [5.41, 5.74) is 6.77. The molecule has 0 saturated heterocycles. The summed E-state index contributed by atoms with van der Waals surface area (Å²) < 4.78 is 7.66. The lowest BCUT2D eigenvalue weighted by Gasteiger charge is -2.06. The zero-order valence-electron chi connectivity index (χ0n) is 10.6. The monoisotopic (exact) mass is 245 g/mol. The van der Waals surface area contributed by atoms with Gasteiger partial charge in [-0.25, -0.2) is 4.98 Å². The number of nitrogens with two attached hydrogens (primary N) is 1. The van der Waals surface area contributed by atoms with Crippen LogP contribution in [0.15, 0.2) is 42.9 Å². The summed E-state index contributed by atoms with van der Waals surface area (Å²) in [6, 6.07) is 9.96. The van der Waals surface area contributed by atoms with Gasteiger partial charge in [0.25, 0.3) is 0 Å². The predicted octanol–water partition coefficient (Wildman–Crippen LogP) is 1.85. The highest BCUT2D eigenvalue weighted by Gasteiger charge is 2.02. The van der Waals surface area contributed by atoms with E-state index in [9.17, 15) is 0 Å². The molecule has 4 heteroatoms. The fourth-order valence-electron chi connectivity index (χ4n) is 1.75. The van der Waals surface area contributed by atoms with Gasteiger partial charge < -0.3 is 15.0 Å². The number of ether oxygens (including phenoxy) is 1. The first-order valence-corrected chi connectivity index (χ1v) is 6.18. The molecule has 0 bridgehead atoms. The van der Waals surface area contributed by atoms with E-state index in [1.165, 1.54) is 0 Å². The van der Waals surface area contributed by atoms with Gasteiger partial charge >= 0.3 is 0 Å². The van der Waals surface area contributed by atoms with Gasteiger partial charge in [0.15, 0.2) is 0 Å². The van der Waals surface area contributed by atoms with Crippen LogP contribution in [0.1, 0.15) is 12.6 Å². The van der Waals surface area contributed by atoms with Crippen LogP contribution in [0, 0.1) is 0 Å². The highest BCUT2D eigenvalue weighted by molar-refractivity contribution is 5.20. The average Bonchev–Trinajstić information content (AvgIpc) is 2.77. The molecule has 0 aliphatic rings. The molecule has 0 aliphatic heterocycles. The standard InChI is InChI=1S/C14H19N3O/c1-12(15)9-13-10-17(11-16-13)7-8-18-14-5-3-2-4-6-14/h2-6,10-12H,7-9,15H2,1H3. The van der Waals surface area contributed by atoms with E-state index >= 15 is 0 Å².